The van der Waals surface area contributed by atoms with Gasteiger partial charge in [-0.05, 0) is 92.5 Å². The molecular weight excluding hydrogens is 541 g/mol. The summed E-state index contributed by atoms with van der Waals surface area (Å²) < 4.78 is 18.9. The first-order chi connectivity index (χ1) is 19.8. The quantitative estimate of drug-likeness (QED) is 0.279. The minimum atomic E-state index is -0.144. The van der Waals surface area contributed by atoms with Gasteiger partial charge in [0.1, 0.15) is 5.82 Å². The fourth-order valence-electron chi connectivity index (χ4n) is 5.79. The Morgan fingerprint density at radius 3 is 2.61 bits per heavy atom. The number of likely N-dealkylation sites (tertiary alicyclic amines) is 1. The molecule has 3 heterocycles. The standard InChI is InChI=1S/C30H40FN7O2S/c1-33-29(40)11-14-37(20-39)30-26-5-3-22(18-28(26)35(2)34-30)21-7-12-36(13-8-21)19-23-17-25(4-6-27(23)31)41-38-15-9-24(32)10-16-38/h3-6,17-18,20-21,24H,7-16,19,32H2,1-2H3,(H,33,40). The van der Waals surface area contributed by atoms with Crippen LogP contribution < -0.4 is 16.0 Å². The molecule has 0 unspecified atom stereocenters. The third kappa shape index (κ3) is 7.09. The van der Waals surface area contributed by atoms with Crippen molar-refractivity contribution in [2.24, 2.45) is 12.8 Å². The number of halogens is 1. The minimum Gasteiger partial charge on any atom is -0.359 e. The number of rotatable bonds is 10. The summed E-state index contributed by atoms with van der Waals surface area (Å²) in [5, 5.41) is 8.06. The second kappa shape index (κ2) is 13.3. The lowest BCUT2D eigenvalue weighted by atomic mass is 9.89. The lowest BCUT2D eigenvalue weighted by molar-refractivity contribution is -0.120. The molecule has 0 spiro atoms. The molecule has 220 valence electrons. The number of carbonyl (C=O) groups excluding carboxylic acids is 2. The van der Waals surface area contributed by atoms with E-state index >= 15 is 0 Å². The highest BCUT2D eigenvalue weighted by atomic mass is 32.2. The molecule has 5 rings (SSSR count). The van der Waals surface area contributed by atoms with Crippen molar-refractivity contribution in [2.75, 3.05) is 44.7 Å². The second-order valence-electron chi connectivity index (χ2n) is 11.1. The number of benzene rings is 2. The fourth-order valence-corrected chi connectivity index (χ4v) is 6.80. The zero-order valence-corrected chi connectivity index (χ0v) is 24.7. The van der Waals surface area contributed by atoms with Crippen LogP contribution in [0.3, 0.4) is 0 Å². The average molecular weight is 582 g/mol. The number of anilines is 1. The third-order valence-electron chi connectivity index (χ3n) is 8.32. The molecule has 2 amide bonds. The summed E-state index contributed by atoms with van der Waals surface area (Å²) in [7, 11) is 3.46. The van der Waals surface area contributed by atoms with Crippen molar-refractivity contribution in [2.45, 2.75) is 55.5 Å². The minimum absolute atomic E-state index is 0.122. The van der Waals surface area contributed by atoms with Gasteiger partial charge in [0.15, 0.2) is 5.82 Å². The van der Waals surface area contributed by atoms with Crippen LogP contribution in [0.4, 0.5) is 10.2 Å². The van der Waals surface area contributed by atoms with E-state index in [-0.39, 0.29) is 24.7 Å². The number of aromatic nitrogens is 2. The first-order valence-corrected chi connectivity index (χ1v) is 15.2. The molecule has 1 aromatic heterocycles. The summed E-state index contributed by atoms with van der Waals surface area (Å²) in [6.07, 6.45) is 4.93. The molecule has 0 bridgehead atoms. The molecule has 2 aliphatic rings. The van der Waals surface area contributed by atoms with Gasteiger partial charge in [-0.15, -0.1) is 0 Å². The SMILES string of the molecule is CNC(=O)CCN(C=O)c1nn(C)c2cc(C3CCN(Cc4cc(SN5CCC(N)CC5)ccc4F)CC3)ccc12. The zero-order valence-electron chi connectivity index (χ0n) is 23.9. The number of hydrogen-bond donors (Lipinski definition) is 2. The van der Waals surface area contributed by atoms with E-state index in [9.17, 15) is 14.0 Å². The number of fused-ring (bicyclic) bond motifs is 1. The molecule has 0 atom stereocenters. The topological polar surface area (TPSA) is 99.7 Å². The number of nitrogens with one attached hydrogen (secondary N) is 1. The van der Waals surface area contributed by atoms with E-state index in [1.807, 2.05) is 25.2 Å². The number of hydrogen-bond acceptors (Lipinski definition) is 7. The lowest BCUT2D eigenvalue weighted by Crippen LogP contribution is -2.36. The first kappa shape index (κ1) is 29.5. The van der Waals surface area contributed by atoms with E-state index in [0.29, 0.717) is 24.3 Å². The van der Waals surface area contributed by atoms with Gasteiger partial charge < -0.3 is 11.1 Å². The summed E-state index contributed by atoms with van der Waals surface area (Å²) in [6, 6.07) is 12.1. The molecule has 0 aliphatic carbocycles. The fraction of sp³-hybridized carbons (Fsp3) is 0.500. The van der Waals surface area contributed by atoms with Crippen LogP contribution in [0, 0.1) is 5.82 Å². The van der Waals surface area contributed by atoms with Crippen molar-refractivity contribution in [3.05, 3.63) is 53.3 Å². The van der Waals surface area contributed by atoms with Crippen molar-refractivity contribution in [1.29, 1.82) is 0 Å². The van der Waals surface area contributed by atoms with Gasteiger partial charge in [-0.25, -0.2) is 8.70 Å². The predicted molar refractivity (Wildman–Crippen MR) is 161 cm³/mol. The van der Waals surface area contributed by atoms with Gasteiger partial charge in [0.05, 0.1) is 5.52 Å². The van der Waals surface area contributed by atoms with Crippen molar-refractivity contribution < 1.29 is 14.0 Å². The molecular formula is C30H40FN7O2S. The van der Waals surface area contributed by atoms with Crippen LogP contribution in [0.25, 0.3) is 10.9 Å². The monoisotopic (exact) mass is 581 g/mol. The zero-order chi connectivity index (χ0) is 28.9. The average Bonchev–Trinajstić information content (AvgIpc) is 3.32. The van der Waals surface area contributed by atoms with Gasteiger partial charge >= 0.3 is 0 Å². The highest BCUT2D eigenvalue weighted by Gasteiger charge is 2.24. The van der Waals surface area contributed by atoms with Crippen LogP contribution in [-0.4, -0.2) is 77.1 Å². The number of nitrogens with zero attached hydrogens (tertiary/aromatic N) is 5. The molecule has 3 aromatic rings. The number of piperidine rings is 2. The molecule has 41 heavy (non-hydrogen) atoms. The van der Waals surface area contributed by atoms with Gasteiger partial charge in [0.2, 0.25) is 12.3 Å². The summed E-state index contributed by atoms with van der Waals surface area (Å²) in [6.45, 7) is 4.61. The normalized spacial score (nSPS) is 17.7. The number of nitrogens with two attached hydrogens (primary N) is 1. The molecule has 2 saturated heterocycles. The van der Waals surface area contributed by atoms with E-state index < -0.39 is 0 Å². The molecule has 0 radical (unpaired) electrons. The summed E-state index contributed by atoms with van der Waals surface area (Å²) in [5.41, 5.74) is 9.00. The first-order valence-electron chi connectivity index (χ1n) is 14.4. The van der Waals surface area contributed by atoms with Crippen molar-refractivity contribution in [3.63, 3.8) is 0 Å². The number of aryl methyl sites for hydroxylation is 1. The van der Waals surface area contributed by atoms with E-state index in [4.69, 9.17) is 5.73 Å². The maximum atomic E-state index is 14.8. The molecule has 0 saturated carbocycles. The predicted octanol–water partition coefficient (Wildman–Crippen LogP) is 3.62. The van der Waals surface area contributed by atoms with Gasteiger partial charge in [0, 0.05) is 68.6 Å². The molecule has 3 N–H and O–H groups in total. The van der Waals surface area contributed by atoms with E-state index in [2.05, 4.69) is 31.8 Å². The van der Waals surface area contributed by atoms with Gasteiger partial charge in [-0.2, -0.15) is 5.10 Å². The number of amides is 2. The Morgan fingerprint density at radius 2 is 1.90 bits per heavy atom. The Labute approximate surface area is 245 Å². The van der Waals surface area contributed by atoms with Crippen molar-refractivity contribution >= 4 is 41.0 Å². The van der Waals surface area contributed by atoms with Crippen LogP contribution in [0.2, 0.25) is 0 Å². The maximum absolute atomic E-state index is 14.8. The summed E-state index contributed by atoms with van der Waals surface area (Å²) in [4.78, 5) is 28.4. The van der Waals surface area contributed by atoms with Crippen molar-refractivity contribution in [3.8, 4) is 0 Å². The molecule has 11 heteroatoms. The van der Waals surface area contributed by atoms with Crippen LogP contribution in [0.15, 0.2) is 41.3 Å². The smallest absolute Gasteiger partial charge is 0.221 e. The highest BCUT2D eigenvalue weighted by molar-refractivity contribution is 7.97. The maximum Gasteiger partial charge on any atom is 0.221 e. The molecule has 2 aliphatic heterocycles. The summed E-state index contributed by atoms with van der Waals surface area (Å²) in [5.74, 6) is 0.702. The van der Waals surface area contributed by atoms with Gasteiger partial charge in [-0.1, -0.05) is 6.07 Å². The van der Waals surface area contributed by atoms with E-state index in [0.717, 1.165) is 79.6 Å². The molecule has 2 fully saturated rings. The van der Waals surface area contributed by atoms with Crippen LogP contribution in [-0.2, 0) is 23.2 Å². The van der Waals surface area contributed by atoms with Gasteiger partial charge in [-0.3, -0.25) is 24.1 Å². The summed E-state index contributed by atoms with van der Waals surface area (Å²) >= 11 is 1.71. The van der Waals surface area contributed by atoms with Crippen LogP contribution in [0.1, 0.15) is 49.1 Å². The Morgan fingerprint density at radius 1 is 1.15 bits per heavy atom. The molecule has 9 nitrogen and oxygen atoms in total. The lowest BCUT2D eigenvalue weighted by Gasteiger charge is -2.32. The second-order valence-corrected chi connectivity index (χ2v) is 12.3. The van der Waals surface area contributed by atoms with Crippen LogP contribution >= 0.6 is 11.9 Å². The Balaban J connectivity index is 1.20. The van der Waals surface area contributed by atoms with Crippen LogP contribution in [0.5, 0.6) is 0 Å². The number of carbonyl (C=O) groups is 2. The van der Waals surface area contributed by atoms with Crippen molar-refractivity contribution in [1.82, 2.24) is 24.3 Å². The third-order valence-corrected chi connectivity index (χ3v) is 9.41. The van der Waals surface area contributed by atoms with Gasteiger partial charge in [0.25, 0.3) is 0 Å². The Hall–Kier alpha value is -2.99. The Kier molecular flexibility index (Phi) is 9.59. The largest absolute Gasteiger partial charge is 0.359 e. The van der Waals surface area contributed by atoms with E-state index in [1.165, 1.54) is 10.5 Å². The van der Waals surface area contributed by atoms with E-state index in [1.54, 1.807) is 29.7 Å². The Bertz CT molecular complexity index is 1370. The highest BCUT2D eigenvalue weighted by Crippen LogP contribution is 2.34. The molecule has 2 aromatic carbocycles.